The first kappa shape index (κ1) is 15.0. The van der Waals surface area contributed by atoms with Crippen LogP contribution in [0.2, 0.25) is 0 Å². The zero-order valence-corrected chi connectivity index (χ0v) is 11.4. The highest BCUT2D eigenvalue weighted by atomic mass is 32.2. The number of thioether (sulfide) groups is 1. The van der Waals surface area contributed by atoms with Crippen molar-refractivity contribution in [1.82, 2.24) is 0 Å². The normalized spacial score (nSPS) is 12.2. The van der Waals surface area contributed by atoms with Gasteiger partial charge >= 0.3 is 5.97 Å². The second-order valence-electron chi connectivity index (χ2n) is 4.04. The first-order valence-corrected chi connectivity index (χ1v) is 6.86. The Hall–Kier alpha value is -1.07. The molecule has 0 radical (unpaired) electrons. The zero-order chi connectivity index (χ0) is 13.5. The monoisotopic (exact) mass is 271 g/mol. The largest absolute Gasteiger partial charge is 0.468 e. The summed E-state index contributed by atoms with van der Waals surface area (Å²) in [6.45, 7) is 1.95. The van der Waals surface area contributed by atoms with Crippen LogP contribution < -0.4 is 5.73 Å². The van der Waals surface area contributed by atoms with E-state index in [-0.39, 0.29) is 5.82 Å². The Balaban J connectivity index is 2.34. The van der Waals surface area contributed by atoms with E-state index in [4.69, 9.17) is 5.73 Å². The van der Waals surface area contributed by atoms with Crippen molar-refractivity contribution in [2.24, 2.45) is 5.73 Å². The van der Waals surface area contributed by atoms with Gasteiger partial charge in [-0.3, -0.25) is 4.79 Å². The molecule has 1 rings (SSSR count). The summed E-state index contributed by atoms with van der Waals surface area (Å²) in [5, 5.41) is 0. The topological polar surface area (TPSA) is 52.3 Å². The number of hydrogen-bond acceptors (Lipinski definition) is 4. The third-order valence-corrected chi connectivity index (χ3v) is 3.69. The minimum absolute atomic E-state index is 0.220. The Bertz CT molecular complexity index is 412. The quantitative estimate of drug-likeness (QED) is 0.637. The third kappa shape index (κ3) is 4.66. The maximum atomic E-state index is 13.0. The molecular formula is C13H18FNO2S. The van der Waals surface area contributed by atoms with Gasteiger partial charge in [-0.1, -0.05) is 6.07 Å². The lowest BCUT2D eigenvalue weighted by molar-refractivity contribution is -0.142. The van der Waals surface area contributed by atoms with Crippen molar-refractivity contribution in [2.75, 3.05) is 12.9 Å². The lowest BCUT2D eigenvalue weighted by Crippen LogP contribution is -2.31. The molecule has 1 aromatic rings. The molecule has 0 saturated carbocycles. The van der Waals surface area contributed by atoms with E-state index in [2.05, 4.69) is 4.74 Å². The SMILES string of the molecule is COC(=O)C(N)CCSCc1cc(F)ccc1C. The lowest BCUT2D eigenvalue weighted by atomic mass is 10.1. The highest BCUT2D eigenvalue weighted by Crippen LogP contribution is 2.18. The van der Waals surface area contributed by atoms with Gasteiger partial charge in [0.05, 0.1) is 7.11 Å². The van der Waals surface area contributed by atoms with Gasteiger partial charge < -0.3 is 10.5 Å². The van der Waals surface area contributed by atoms with Crippen molar-refractivity contribution in [2.45, 2.75) is 25.1 Å². The van der Waals surface area contributed by atoms with Crippen LogP contribution in [-0.2, 0) is 15.3 Å². The zero-order valence-electron chi connectivity index (χ0n) is 10.6. The number of benzene rings is 1. The first-order chi connectivity index (χ1) is 8.54. The Labute approximate surface area is 111 Å². The molecule has 0 aromatic heterocycles. The van der Waals surface area contributed by atoms with Crippen LogP contribution in [0.1, 0.15) is 17.5 Å². The number of carbonyl (C=O) groups is 1. The predicted molar refractivity (Wildman–Crippen MR) is 71.9 cm³/mol. The first-order valence-electron chi connectivity index (χ1n) is 5.70. The van der Waals surface area contributed by atoms with Gasteiger partial charge in [-0.15, -0.1) is 0 Å². The number of halogens is 1. The molecular weight excluding hydrogens is 253 g/mol. The van der Waals surface area contributed by atoms with Crippen molar-refractivity contribution >= 4 is 17.7 Å². The van der Waals surface area contributed by atoms with E-state index in [0.29, 0.717) is 6.42 Å². The van der Waals surface area contributed by atoms with Gasteiger partial charge in [-0.25, -0.2) is 4.39 Å². The summed E-state index contributed by atoms with van der Waals surface area (Å²) in [5.41, 5.74) is 7.66. The molecule has 0 aliphatic rings. The van der Waals surface area contributed by atoms with E-state index in [0.717, 1.165) is 22.6 Å². The van der Waals surface area contributed by atoms with Gasteiger partial charge in [-0.2, -0.15) is 11.8 Å². The van der Waals surface area contributed by atoms with Crippen molar-refractivity contribution in [3.8, 4) is 0 Å². The van der Waals surface area contributed by atoms with Crippen LogP contribution in [-0.4, -0.2) is 24.9 Å². The van der Waals surface area contributed by atoms with E-state index in [1.165, 1.54) is 13.2 Å². The van der Waals surface area contributed by atoms with Crippen LogP contribution in [0.15, 0.2) is 18.2 Å². The van der Waals surface area contributed by atoms with Crippen LogP contribution in [0.4, 0.5) is 4.39 Å². The minimum atomic E-state index is -0.573. The van der Waals surface area contributed by atoms with E-state index in [9.17, 15) is 9.18 Å². The number of nitrogens with two attached hydrogens (primary N) is 1. The highest BCUT2D eigenvalue weighted by Gasteiger charge is 2.12. The fourth-order valence-corrected chi connectivity index (χ4v) is 2.55. The van der Waals surface area contributed by atoms with Crippen LogP contribution in [0, 0.1) is 12.7 Å². The molecule has 0 heterocycles. The molecule has 0 bridgehead atoms. The predicted octanol–water partition coefficient (Wildman–Crippen LogP) is 2.26. The number of carbonyl (C=O) groups excluding carboxylic acids is 1. The standard InChI is InChI=1S/C13H18FNO2S/c1-9-3-4-11(14)7-10(9)8-18-6-5-12(15)13(16)17-2/h3-4,7,12H,5-6,8,15H2,1-2H3. The molecule has 18 heavy (non-hydrogen) atoms. The molecule has 1 unspecified atom stereocenters. The second-order valence-corrected chi connectivity index (χ2v) is 5.15. The van der Waals surface area contributed by atoms with Crippen molar-refractivity contribution < 1.29 is 13.9 Å². The van der Waals surface area contributed by atoms with Crippen LogP contribution >= 0.6 is 11.8 Å². The lowest BCUT2D eigenvalue weighted by Gasteiger charge is -2.09. The van der Waals surface area contributed by atoms with Gasteiger partial charge in [0, 0.05) is 5.75 Å². The molecule has 1 atom stereocenters. The fraction of sp³-hybridized carbons (Fsp3) is 0.462. The Morgan fingerprint density at radius 1 is 1.56 bits per heavy atom. The van der Waals surface area contributed by atoms with Crippen molar-refractivity contribution in [3.63, 3.8) is 0 Å². The molecule has 5 heteroatoms. The molecule has 100 valence electrons. The summed E-state index contributed by atoms with van der Waals surface area (Å²) >= 11 is 1.63. The molecule has 0 amide bonds. The highest BCUT2D eigenvalue weighted by molar-refractivity contribution is 7.98. The molecule has 0 aliphatic heterocycles. The maximum absolute atomic E-state index is 13.0. The second kappa shape index (κ2) is 7.38. The van der Waals surface area contributed by atoms with E-state index in [1.807, 2.05) is 6.92 Å². The molecule has 0 aliphatic carbocycles. The van der Waals surface area contributed by atoms with Crippen LogP contribution in [0.25, 0.3) is 0 Å². The van der Waals surface area contributed by atoms with Gasteiger partial charge in [-0.05, 0) is 42.4 Å². The van der Waals surface area contributed by atoms with Crippen LogP contribution in [0.5, 0.6) is 0 Å². The summed E-state index contributed by atoms with van der Waals surface area (Å²) in [5.74, 6) is 0.851. The number of methoxy groups -OCH3 is 1. The average molecular weight is 271 g/mol. The Kier molecular flexibility index (Phi) is 6.15. The molecule has 2 N–H and O–H groups in total. The number of ether oxygens (including phenoxy) is 1. The van der Waals surface area contributed by atoms with Crippen LogP contribution in [0.3, 0.4) is 0 Å². The molecule has 0 saturated heterocycles. The smallest absolute Gasteiger partial charge is 0.322 e. The molecule has 1 aromatic carbocycles. The molecule has 3 nitrogen and oxygen atoms in total. The van der Waals surface area contributed by atoms with Gasteiger partial charge in [0.15, 0.2) is 0 Å². The van der Waals surface area contributed by atoms with Gasteiger partial charge in [0.2, 0.25) is 0 Å². The van der Waals surface area contributed by atoms with E-state index >= 15 is 0 Å². The summed E-state index contributed by atoms with van der Waals surface area (Å²) in [6.07, 6.45) is 0.561. The number of rotatable bonds is 6. The summed E-state index contributed by atoms with van der Waals surface area (Å²) in [4.78, 5) is 11.1. The molecule has 0 spiro atoms. The number of aryl methyl sites for hydroxylation is 1. The van der Waals surface area contributed by atoms with Gasteiger partial charge in [0.25, 0.3) is 0 Å². The Morgan fingerprint density at radius 2 is 2.28 bits per heavy atom. The maximum Gasteiger partial charge on any atom is 0.322 e. The minimum Gasteiger partial charge on any atom is -0.468 e. The van der Waals surface area contributed by atoms with E-state index in [1.54, 1.807) is 23.9 Å². The number of esters is 1. The fourth-order valence-electron chi connectivity index (χ4n) is 1.46. The van der Waals surface area contributed by atoms with Gasteiger partial charge in [0.1, 0.15) is 11.9 Å². The summed E-state index contributed by atoms with van der Waals surface area (Å²) in [6, 6.07) is 4.20. The average Bonchev–Trinajstić information content (AvgIpc) is 2.37. The Morgan fingerprint density at radius 3 is 2.94 bits per heavy atom. The van der Waals surface area contributed by atoms with Crippen molar-refractivity contribution in [1.29, 1.82) is 0 Å². The number of hydrogen-bond donors (Lipinski definition) is 1. The summed E-state index contributed by atoms with van der Waals surface area (Å²) in [7, 11) is 1.32. The summed E-state index contributed by atoms with van der Waals surface area (Å²) < 4.78 is 17.6. The van der Waals surface area contributed by atoms with E-state index < -0.39 is 12.0 Å². The van der Waals surface area contributed by atoms with Crippen molar-refractivity contribution in [3.05, 3.63) is 35.1 Å². The molecule has 0 fully saturated rings. The third-order valence-electron chi connectivity index (χ3n) is 2.65.